The number of hydrogen-bond donors (Lipinski definition) is 1. The standard InChI is InChI=1S/C14H15NO2/c1-10(2)7-9-17-14(16)12-4-3-5-13-11(12)6-8-15-13/h3-8,15H,9H2,1-2H3. The van der Waals surface area contributed by atoms with Crippen LogP contribution >= 0.6 is 0 Å². The molecule has 0 bridgehead atoms. The van der Waals surface area contributed by atoms with E-state index in [1.54, 1.807) is 6.07 Å². The molecule has 0 amide bonds. The van der Waals surface area contributed by atoms with Crippen molar-refractivity contribution < 1.29 is 9.53 Å². The predicted octanol–water partition coefficient (Wildman–Crippen LogP) is 3.29. The molecule has 0 aliphatic heterocycles. The summed E-state index contributed by atoms with van der Waals surface area (Å²) in [4.78, 5) is 14.9. The first kappa shape index (κ1) is 11.5. The van der Waals surface area contributed by atoms with E-state index in [2.05, 4.69) is 4.98 Å². The van der Waals surface area contributed by atoms with Gasteiger partial charge in [0.25, 0.3) is 0 Å². The number of allylic oxidation sites excluding steroid dienone is 1. The number of carbonyl (C=O) groups is 1. The van der Waals surface area contributed by atoms with Gasteiger partial charge >= 0.3 is 5.97 Å². The van der Waals surface area contributed by atoms with Crippen LogP contribution in [0.5, 0.6) is 0 Å². The maximum Gasteiger partial charge on any atom is 0.339 e. The van der Waals surface area contributed by atoms with Crippen LogP contribution in [0.2, 0.25) is 0 Å². The largest absolute Gasteiger partial charge is 0.458 e. The van der Waals surface area contributed by atoms with Crippen LogP contribution in [0.3, 0.4) is 0 Å². The minimum Gasteiger partial charge on any atom is -0.458 e. The lowest BCUT2D eigenvalue weighted by Gasteiger charge is -2.03. The van der Waals surface area contributed by atoms with Gasteiger partial charge in [-0.05, 0) is 38.1 Å². The molecule has 88 valence electrons. The minimum absolute atomic E-state index is 0.285. The lowest BCUT2D eigenvalue weighted by Crippen LogP contribution is -2.05. The molecule has 17 heavy (non-hydrogen) atoms. The van der Waals surface area contributed by atoms with E-state index in [9.17, 15) is 4.79 Å². The number of fused-ring (bicyclic) bond motifs is 1. The number of hydrogen-bond acceptors (Lipinski definition) is 2. The number of rotatable bonds is 3. The Bertz CT molecular complexity index is 562. The number of carbonyl (C=O) groups excluding carboxylic acids is 1. The van der Waals surface area contributed by atoms with E-state index in [4.69, 9.17) is 4.74 Å². The Balaban J connectivity index is 2.19. The Morgan fingerprint density at radius 1 is 1.35 bits per heavy atom. The van der Waals surface area contributed by atoms with Gasteiger partial charge in [0.05, 0.1) is 5.56 Å². The summed E-state index contributed by atoms with van der Waals surface area (Å²) >= 11 is 0. The summed E-state index contributed by atoms with van der Waals surface area (Å²) in [6.07, 6.45) is 3.70. The second kappa shape index (κ2) is 4.87. The molecule has 0 aliphatic carbocycles. The summed E-state index contributed by atoms with van der Waals surface area (Å²) < 4.78 is 5.19. The van der Waals surface area contributed by atoms with E-state index in [1.165, 1.54) is 0 Å². The van der Waals surface area contributed by atoms with Gasteiger partial charge in [-0.25, -0.2) is 4.79 Å². The molecule has 2 aromatic rings. The summed E-state index contributed by atoms with van der Waals surface area (Å²) in [6.45, 7) is 4.27. The molecule has 0 fully saturated rings. The van der Waals surface area contributed by atoms with Crippen LogP contribution in [-0.2, 0) is 4.74 Å². The zero-order chi connectivity index (χ0) is 12.3. The minimum atomic E-state index is -0.285. The van der Waals surface area contributed by atoms with Gasteiger partial charge in [-0.1, -0.05) is 11.6 Å². The number of nitrogens with one attached hydrogen (secondary N) is 1. The van der Waals surface area contributed by atoms with E-state index >= 15 is 0 Å². The highest BCUT2D eigenvalue weighted by Crippen LogP contribution is 2.18. The van der Waals surface area contributed by atoms with Crippen molar-refractivity contribution in [2.75, 3.05) is 6.61 Å². The second-order valence-corrected chi connectivity index (χ2v) is 4.12. The van der Waals surface area contributed by atoms with Crippen LogP contribution in [0.15, 0.2) is 42.1 Å². The molecule has 0 spiro atoms. The number of esters is 1. The highest BCUT2D eigenvalue weighted by atomic mass is 16.5. The average Bonchev–Trinajstić information content (AvgIpc) is 2.75. The maximum atomic E-state index is 11.9. The molecule has 3 heteroatoms. The van der Waals surface area contributed by atoms with Crippen LogP contribution in [0.1, 0.15) is 24.2 Å². The molecular formula is C14H15NO2. The summed E-state index contributed by atoms with van der Waals surface area (Å²) in [6, 6.07) is 7.44. The highest BCUT2D eigenvalue weighted by Gasteiger charge is 2.10. The van der Waals surface area contributed by atoms with E-state index in [0.29, 0.717) is 12.2 Å². The molecule has 1 aromatic carbocycles. The van der Waals surface area contributed by atoms with Crippen LogP contribution in [0, 0.1) is 0 Å². The molecule has 0 aliphatic rings. The van der Waals surface area contributed by atoms with Crippen molar-refractivity contribution in [2.45, 2.75) is 13.8 Å². The van der Waals surface area contributed by atoms with E-state index < -0.39 is 0 Å². The second-order valence-electron chi connectivity index (χ2n) is 4.12. The zero-order valence-corrected chi connectivity index (χ0v) is 9.99. The fraction of sp³-hybridized carbons (Fsp3) is 0.214. The van der Waals surface area contributed by atoms with E-state index in [-0.39, 0.29) is 5.97 Å². The van der Waals surface area contributed by atoms with Crippen molar-refractivity contribution in [3.63, 3.8) is 0 Å². The van der Waals surface area contributed by atoms with Crippen molar-refractivity contribution in [1.29, 1.82) is 0 Å². The fourth-order valence-electron chi connectivity index (χ4n) is 1.63. The van der Waals surface area contributed by atoms with Crippen molar-refractivity contribution in [3.8, 4) is 0 Å². The first-order chi connectivity index (χ1) is 8.18. The van der Waals surface area contributed by atoms with E-state index in [1.807, 2.05) is 44.3 Å². The van der Waals surface area contributed by atoms with Crippen molar-refractivity contribution >= 4 is 16.9 Å². The topological polar surface area (TPSA) is 42.1 Å². The molecular weight excluding hydrogens is 214 g/mol. The Labute approximate surface area is 100 Å². The molecule has 0 radical (unpaired) electrons. The first-order valence-electron chi connectivity index (χ1n) is 5.55. The SMILES string of the molecule is CC(C)=CCOC(=O)c1cccc2[nH]ccc12. The molecule has 1 aromatic heterocycles. The third kappa shape index (κ3) is 2.56. The molecule has 0 unspecified atom stereocenters. The lowest BCUT2D eigenvalue weighted by molar-refractivity contribution is 0.0551. The van der Waals surface area contributed by atoms with Crippen LogP contribution in [0.25, 0.3) is 10.9 Å². The first-order valence-corrected chi connectivity index (χ1v) is 5.55. The molecule has 0 saturated carbocycles. The Hall–Kier alpha value is -2.03. The Kier molecular flexibility index (Phi) is 3.28. The number of H-pyrrole nitrogens is 1. The molecule has 0 atom stereocenters. The van der Waals surface area contributed by atoms with Gasteiger partial charge < -0.3 is 9.72 Å². The van der Waals surface area contributed by atoms with Crippen LogP contribution in [-0.4, -0.2) is 17.6 Å². The Morgan fingerprint density at radius 3 is 2.94 bits per heavy atom. The number of aromatic amines is 1. The third-order valence-electron chi connectivity index (χ3n) is 2.52. The molecule has 3 nitrogen and oxygen atoms in total. The molecule has 2 rings (SSSR count). The predicted molar refractivity (Wildman–Crippen MR) is 68.0 cm³/mol. The van der Waals surface area contributed by atoms with Gasteiger partial charge in [-0.15, -0.1) is 0 Å². The number of benzene rings is 1. The van der Waals surface area contributed by atoms with Gasteiger partial charge in [-0.3, -0.25) is 0 Å². The monoisotopic (exact) mass is 229 g/mol. The summed E-state index contributed by atoms with van der Waals surface area (Å²) in [5.41, 5.74) is 2.69. The maximum absolute atomic E-state index is 11.9. The number of ether oxygens (including phenoxy) is 1. The lowest BCUT2D eigenvalue weighted by atomic mass is 10.1. The number of aromatic nitrogens is 1. The van der Waals surface area contributed by atoms with Gasteiger partial charge in [0.15, 0.2) is 0 Å². The van der Waals surface area contributed by atoms with Gasteiger partial charge in [0, 0.05) is 17.1 Å². The molecule has 1 heterocycles. The van der Waals surface area contributed by atoms with Gasteiger partial charge in [-0.2, -0.15) is 0 Å². The normalized spacial score (nSPS) is 10.2. The van der Waals surface area contributed by atoms with Crippen molar-refractivity contribution in [3.05, 3.63) is 47.7 Å². The van der Waals surface area contributed by atoms with Crippen molar-refractivity contribution in [1.82, 2.24) is 4.98 Å². The summed E-state index contributed by atoms with van der Waals surface area (Å²) in [5, 5.41) is 0.898. The Morgan fingerprint density at radius 2 is 2.18 bits per heavy atom. The third-order valence-corrected chi connectivity index (χ3v) is 2.52. The van der Waals surface area contributed by atoms with Gasteiger partial charge in [0.2, 0.25) is 0 Å². The fourth-order valence-corrected chi connectivity index (χ4v) is 1.63. The average molecular weight is 229 g/mol. The van der Waals surface area contributed by atoms with Crippen LogP contribution < -0.4 is 0 Å². The summed E-state index contributed by atoms with van der Waals surface area (Å²) in [5.74, 6) is -0.285. The zero-order valence-electron chi connectivity index (χ0n) is 9.99. The highest BCUT2D eigenvalue weighted by molar-refractivity contribution is 6.03. The van der Waals surface area contributed by atoms with Crippen LogP contribution in [0.4, 0.5) is 0 Å². The summed E-state index contributed by atoms with van der Waals surface area (Å²) in [7, 11) is 0. The molecule has 0 saturated heterocycles. The quantitative estimate of drug-likeness (QED) is 0.648. The van der Waals surface area contributed by atoms with Gasteiger partial charge in [0.1, 0.15) is 6.61 Å². The smallest absolute Gasteiger partial charge is 0.339 e. The van der Waals surface area contributed by atoms with E-state index in [0.717, 1.165) is 16.5 Å². The van der Waals surface area contributed by atoms with Crippen molar-refractivity contribution in [2.24, 2.45) is 0 Å². The molecule has 1 N–H and O–H groups in total.